The van der Waals surface area contributed by atoms with E-state index in [2.05, 4.69) is 37.1 Å². The van der Waals surface area contributed by atoms with Gasteiger partial charge in [0.2, 0.25) is 0 Å². The van der Waals surface area contributed by atoms with Crippen LogP contribution in [0.2, 0.25) is 0 Å². The minimum absolute atomic E-state index is 0.675. The van der Waals surface area contributed by atoms with Gasteiger partial charge in [0, 0.05) is 12.6 Å². The van der Waals surface area contributed by atoms with Gasteiger partial charge in [0.25, 0.3) is 0 Å². The summed E-state index contributed by atoms with van der Waals surface area (Å²) >= 11 is 0. The third kappa shape index (κ3) is 2.64. The van der Waals surface area contributed by atoms with E-state index in [0.717, 1.165) is 0 Å². The molecule has 2 aliphatic rings. The molecule has 15 heavy (non-hydrogen) atoms. The van der Waals surface area contributed by atoms with Gasteiger partial charge in [-0.1, -0.05) is 39.2 Å². The van der Waals surface area contributed by atoms with Crippen LogP contribution in [0.25, 0.3) is 0 Å². The molecule has 0 aromatic rings. The summed E-state index contributed by atoms with van der Waals surface area (Å²) in [6.07, 6.45) is 14.1. The summed E-state index contributed by atoms with van der Waals surface area (Å²) in [5, 5.41) is 0. The fourth-order valence-electron chi connectivity index (χ4n) is 2.54. The Hall–Kier alpha value is -0.720. The molecule has 0 aromatic carbocycles. The molecule has 0 aliphatic carbocycles. The first kappa shape index (κ1) is 10.8. The highest BCUT2D eigenvalue weighted by Gasteiger charge is 2.19. The molecular formula is C14H23N. The Morgan fingerprint density at radius 3 is 2.80 bits per heavy atom. The van der Waals surface area contributed by atoms with Crippen LogP contribution in [0.1, 0.15) is 46.0 Å². The Morgan fingerprint density at radius 2 is 2.00 bits per heavy atom. The molecule has 0 radical (unpaired) electrons. The van der Waals surface area contributed by atoms with Crippen molar-refractivity contribution in [1.82, 2.24) is 4.90 Å². The maximum atomic E-state index is 2.53. The van der Waals surface area contributed by atoms with Crippen molar-refractivity contribution in [3.05, 3.63) is 23.9 Å². The summed E-state index contributed by atoms with van der Waals surface area (Å²) in [4.78, 5) is 2.53. The van der Waals surface area contributed by atoms with Crippen molar-refractivity contribution < 1.29 is 0 Å². The second-order valence-corrected chi connectivity index (χ2v) is 5.15. The van der Waals surface area contributed by atoms with Crippen molar-refractivity contribution in [3.8, 4) is 0 Å². The maximum absolute atomic E-state index is 2.53. The number of hydrogen-bond donors (Lipinski definition) is 0. The van der Waals surface area contributed by atoms with Crippen LogP contribution in [0.15, 0.2) is 23.9 Å². The maximum Gasteiger partial charge on any atom is 0.0473 e. The molecule has 0 bridgehead atoms. The zero-order chi connectivity index (χ0) is 10.7. The molecule has 1 unspecified atom stereocenters. The van der Waals surface area contributed by atoms with Gasteiger partial charge in [0.1, 0.15) is 0 Å². The number of nitrogens with zero attached hydrogens (tertiary/aromatic N) is 1. The average molecular weight is 205 g/mol. The topological polar surface area (TPSA) is 3.24 Å². The van der Waals surface area contributed by atoms with Crippen molar-refractivity contribution in [2.45, 2.75) is 52.0 Å². The third-order valence-corrected chi connectivity index (χ3v) is 3.60. The molecule has 2 rings (SSSR count). The zero-order valence-corrected chi connectivity index (χ0v) is 10.1. The van der Waals surface area contributed by atoms with E-state index in [4.69, 9.17) is 0 Å². The summed E-state index contributed by atoms with van der Waals surface area (Å²) < 4.78 is 0. The van der Waals surface area contributed by atoms with E-state index >= 15 is 0 Å². The van der Waals surface area contributed by atoms with Gasteiger partial charge >= 0.3 is 0 Å². The lowest BCUT2D eigenvalue weighted by Crippen LogP contribution is -2.33. The first-order chi connectivity index (χ1) is 7.27. The molecule has 2 aliphatic heterocycles. The fourth-order valence-corrected chi connectivity index (χ4v) is 2.54. The van der Waals surface area contributed by atoms with E-state index in [9.17, 15) is 0 Å². The van der Waals surface area contributed by atoms with Gasteiger partial charge < -0.3 is 4.90 Å². The Labute approximate surface area is 93.9 Å². The van der Waals surface area contributed by atoms with Gasteiger partial charge in [-0.15, -0.1) is 0 Å². The molecule has 0 spiro atoms. The molecule has 2 heterocycles. The predicted octanol–water partition coefficient (Wildman–Crippen LogP) is 3.73. The highest BCUT2D eigenvalue weighted by atomic mass is 15.1. The molecule has 1 saturated heterocycles. The minimum Gasteiger partial charge on any atom is -0.371 e. The van der Waals surface area contributed by atoms with Crippen LogP contribution < -0.4 is 0 Å². The Balaban J connectivity index is 2.07. The van der Waals surface area contributed by atoms with Crippen LogP contribution in [0.4, 0.5) is 0 Å². The van der Waals surface area contributed by atoms with Crippen molar-refractivity contribution in [2.24, 2.45) is 5.92 Å². The minimum atomic E-state index is 0.675. The Bertz CT molecular complexity index is 263. The molecule has 0 saturated carbocycles. The summed E-state index contributed by atoms with van der Waals surface area (Å²) in [6, 6.07) is 0.688. The summed E-state index contributed by atoms with van der Waals surface area (Å²) in [6.45, 7) is 5.83. The molecule has 84 valence electrons. The molecule has 0 N–H and O–H groups in total. The summed E-state index contributed by atoms with van der Waals surface area (Å²) in [5.74, 6) is 0.675. The lowest BCUT2D eigenvalue weighted by molar-refractivity contribution is 0.269. The zero-order valence-electron chi connectivity index (χ0n) is 10.1. The standard InChI is InChI=1S/C14H23N/c1-12(2)13-8-10-15-9-6-4-3-5-7-14(15)11-13/h8,10-12,14H,3-7,9H2,1-2H3. The Kier molecular flexibility index (Phi) is 3.50. The number of rotatable bonds is 1. The quantitative estimate of drug-likeness (QED) is 0.630. The number of allylic oxidation sites excluding steroid dienone is 2. The van der Waals surface area contributed by atoms with Crippen LogP contribution in [-0.2, 0) is 0 Å². The highest BCUT2D eigenvalue weighted by Crippen LogP contribution is 2.25. The normalized spacial score (nSPS) is 27.0. The van der Waals surface area contributed by atoms with Crippen LogP contribution in [-0.4, -0.2) is 17.5 Å². The second kappa shape index (κ2) is 4.87. The smallest absolute Gasteiger partial charge is 0.0473 e. The van der Waals surface area contributed by atoms with E-state index in [0.29, 0.717) is 12.0 Å². The van der Waals surface area contributed by atoms with Gasteiger partial charge in [-0.25, -0.2) is 0 Å². The van der Waals surface area contributed by atoms with Gasteiger partial charge in [0.15, 0.2) is 0 Å². The van der Waals surface area contributed by atoms with Gasteiger partial charge in [-0.3, -0.25) is 0 Å². The highest BCUT2D eigenvalue weighted by molar-refractivity contribution is 5.26. The van der Waals surface area contributed by atoms with Crippen LogP contribution in [0.3, 0.4) is 0 Å². The summed E-state index contributed by atoms with van der Waals surface area (Å²) in [5.41, 5.74) is 1.52. The largest absolute Gasteiger partial charge is 0.371 e. The van der Waals surface area contributed by atoms with E-state index < -0.39 is 0 Å². The first-order valence-corrected chi connectivity index (χ1v) is 6.43. The summed E-state index contributed by atoms with van der Waals surface area (Å²) in [7, 11) is 0. The predicted molar refractivity (Wildman–Crippen MR) is 65.6 cm³/mol. The average Bonchev–Trinajstić information content (AvgIpc) is 2.18. The molecule has 1 heteroatoms. The van der Waals surface area contributed by atoms with E-state index in [-0.39, 0.29) is 0 Å². The molecule has 0 amide bonds. The van der Waals surface area contributed by atoms with E-state index in [1.807, 2.05) is 0 Å². The fraction of sp³-hybridized carbons (Fsp3) is 0.714. The van der Waals surface area contributed by atoms with E-state index in [1.54, 1.807) is 0 Å². The first-order valence-electron chi connectivity index (χ1n) is 6.43. The van der Waals surface area contributed by atoms with E-state index in [1.165, 1.54) is 44.2 Å². The van der Waals surface area contributed by atoms with Crippen molar-refractivity contribution in [3.63, 3.8) is 0 Å². The molecule has 1 fully saturated rings. The van der Waals surface area contributed by atoms with Gasteiger partial charge in [-0.2, -0.15) is 0 Å². The van der Waals surface area contributed by atoms with Crippen molar-refractivity contribution in [1.29, 1.82) is 0 Å². The van der Waals surface area contributed by atoms with Crippen molar-refractivity contribution >= 4 is 0 Å². The molecular weight excluding hydrogens is 182 g/mol. The monoisotopic (exact) mass is 205 g/mol. The Morgan fingerprint density at radius 1 is 1.20 bits per heavy atom. The lowest BCUT2D eigenvalue weighted by atomic mass is 9.93. The van der Waals surface area contributed by atoms with Crippen molar-refractivity contribution in [2.75, 3.05) is 6.54 Å². The van der Waals surface area contributed by atoms with Crippen LogP contribution >= 0.6 is 0 Å². The molecule has 1 nitrogen and oxygen atoms in total. The third-order valence-electron chi connectivity index (χ3n) is 3.60. The lowest BCUT2D eigenvalue weighted by Gasteiger charge is -2.34. The van der Waals surface area contributed by atoms with Crippen LogP contribution in [0.5, 0.6) is 0 Å². The molecule has 1 atom stereocenters. The SMILES string of the molecule is CC(C)C1=CC2CCCCCCN2C=C1. The second-order valence-electron chi connectivity index (χ2n) is 5.15. The van der Waals surface area contributed by atoms with Crippen LogP contribution in [0, 0.1) is 5.92 Å². The number of fused-ring (bicyclic) bond motifs is 1. The van der Waals surface area contributed by atoms with Gasteiger partial charge in [-0.05, 0) is 36.6 Å². The van der Waals surface area contributed by atoms with Gasteiger partial charge in [0.05, 0.1) is 0 Å². The number of hydrogen-bond acceptors (Lipinski definition) is 1. The molecule has 0 aromatic heterocycles.